The highest BCUT2D eigenvalue weighted by molar-refractivity contribution is 5.37. The van der Waals surface area contributed by atoms with E-state index in [9.17, 15) is 0 Å². The van der Waals surface area contributed by atoms with Crippen molar-refractivity contribution < 1.29 is 0 Å². The van der Waals surface area contributed by atoms with Crippen LogP contribution in [0.4, 0.5) is 0 Å². The standard InChI is InChI=1S/C10H14/c1-5-7-9(3)10(4)8-6-2/h5-8H,1,4H2,2-3H3/b8-6-,9-7+. The fraction of sp³-hybridized carbons (Fsp3) is 0.200. The largest absolute Gasteiger partial charge is 0.0991 e. The van der Waals surface area contributed by atoms with E-state index in [1.807, 2.05) is 32.1 Å². The van der Waals surface area contributed by atoms with Crippen molar-refractivity contribution in [2.75, 3.05) is 0 Å². The van der Waals surface area contributed by atoms with Gasteiger partial charge >= 0.3 is 0 Å². The first-order chi connectivity index (χ1) is 4.72. The van der Waals surface area contributed by atoms with E-state index in [1.54, 1.807) is 6.08 Å². The summed E-state index contributed by atoms with van der Waals surface area (Å²) in [4.78, 5) is 0. The van der Waals surface area contributed by atoms with Gasteiger partial charge in [0.15, 0.2) is 0 Å². The minimum Gasteiger partial charge on any atom is -0.0991 e. The van der Waals surface area contributed by atoms with E-state index in [0.29, 0.717) is 0 Å². The van der Waals surface area contributed by atoms with Crippen molar-refractivity contribution in [1.82, 2.24) is 0 Å². The molecule has 0 atom stereocenters. The smallest absolute Gasteiger partial charge is 0.0303 e. The Morgan fingerprint density at radius 2 is 2.00 bits per heavy atom. The van der Waals surface area contributed by atoms with Crippen LogP contribution in [0, 0.1) is 0 Å². The van der Waals surface area contributed by atoms with Crippen LogP contribution in [0.1, 0.15) is 13.8 Å². The molecular formula is C10H14. The van der Waals surface area contributed by atoms with Crippen LogP contribution in [0.25, 0.3) is 0 Å². The highest BCUT2D eigenvalue weighted by atomic mass is 13.9. The second-order valence-corrected chi connectivity index (χ2v) is 2.11. The summed E-state index contributed by atoms with van der Waals surface area (Å²) in [7, 11) is 0. The Bertz CT molecular complexity index is 180. The van der Waals surface area contributed by atoms with Gasteiger partial charge in [-0.1, -0.05) is 37.5 Å². The molecule has 0 aromatic rings. The first-order valence-corrected chi connectivity index (χ1v) is 3.33. The van der Waals surface area contributed by atoms with Gasteiger partial charge in [0.05, 0.1) is 0 Å². The fourth-order valence-electron chi connectivity index (χ4n) is 0.616. The topological polar surface area (TPSA) is 0 Å². The third-order valence-electron chi connectivity index (χ3n) is 1.24. The molecule has 0 aromatic carbocycles. The highest BCUT2D eigenvalue weighted by Gasteiger charge is 1.87. The van der Waals surface area contributed by atoms with Crippen LogP contribution >= 0.6 is 0 Å². The summed E-state index contributed by atoms with van der Waals surface area (Å²) < 4.78 is 0. The van der Waals surface area contributed by atoms with Crippen molar-refractivity contribution in [2.45, 2.75) is 13.8 Å². The molecule has 0 heterocycles. The van der Waals surface area contributed by atoms with Crippen molar-refractivity contribution in [3.05, 3.63) is 48.6 Å². The summed E-state index contributed by atoms with van der Waals surface area (Å²) in [5.41, 5.74) is 2.20. The predicted octanol–water partition coefficient (Wildman–Crippen LogP) is 3.25. The average molecular weight is 134 g/mol. The second-order valence-electron chi connectivity index (χ2n) is 2.11. The van der Waals surface area contributed by atoms with Crippen LogP contribution < -0.4 is 0 Å². The second kappa shape index (κ2) is 4.80. The Balaban J connectivity index is 4.21. The van der Waals surface area contributed by atoms with Crippen molar-refractivity contribution in [3.63, 3.8) is 0 Å². The number of allylic oxidation sites excluding steroid dienone is 6. The summed E-state index contributed by atoms with van der Waals surface area (Å²) >= 11 is 0. The van der Waals surface area contributed by atoms with Crippen molar-refractivity contribution in [2.24, 2.45) is 0 Å². The van der Waals surface area contributed by atoms with Gasteiger partial charge in [-0.05, 0) is 25.0 Å². The van der Waals surface area contributed by atoms with Crippen molar-refractivity contribution in [1.29, 1.82) is 0 Å². The monoisotopic (exact) mass is 134 g/mol. The van der Waals surface area contributed by atoms with E-state index < -0.39 is 0 Å². The Morgan fingerprint density at radius 3 is 2.40 bits per heavy atom. The molecule has 0 N–H and O–H groups in total. The molecule has 54 valence electrons. The van der Waals surface area contributed by atoms with Gasteiger partial charge in [0.1, 0.15) is 0 Å². The van der Waals surface area contributed by atoms with Crippen LogP contribution in [0.3, 0.4) is 0 Å². The Kier molecular flexibility index (Phi) is 4.30. The Labute approximate surface area is 63.3 Å². The van der Waals surface area contributed by atoms with Gasteiger partial charge in [-0.15, -0.1) is 0 Å². The lowest BCUT2D eigenvalue weighted by Crippen LogP contribution is -1.75. The Hall–Kier alpha value is -1.04. The maximum absolute atomic E-state index is 3.86. The van der Waals surface area contributed by atoms with E-state index in [2.05, 4.69) is 13.2 Å². The third-order valence-corrected chi connectivity index (χ3v) is 1.24. The molecule has 0 unspecified atom stereocenters. The number of hydrogen-bond donors (Lipinski definition) is 0. The van der Waals surface area contributed by atoms with Crippen LogP contribution in [0.2, 0.25) is 0 Å². The molecule has 0 fully saturated rings. The quantitative estimate of drug-likeness (QED) is 0.520. The molecule has 0 aromatic heterocycles. The van der Waals surface area contributed by atoms with Crippen LogP contribution in [-0.4, -0.2) is 0 Å². The first-order valence-electron chi connectivity index (χ1n) is 3.33. The van der Waals surface area contributed by atoms with Gasteiger partial charge in [0.2, 0.25) is 0 Å². The van der Waals surface area contributed by atoms with Gasteiger partial charge in [0, 0.05) is 0 Å². The van der Waals surface area contributed by atoms with Gasteiger partial charge in [-0.2, -0.15) is 0 Å². The zero-order valence-corrected chi connectivity index (χ0v) is 6.72. The molecule has 0 spiro atoms. The minimum atomic E-state index is 1.04. The molecule has 0 nitrogen and oxygen atoms in total. The van der Waals surface area contributed by atoms with Crippen LogP contribution in [0.5, 0.6) is 0 Å². The summed E-state index contributed by atoms with van der Waals surface area (Å²) in [6, 6.07) is 0. The molecule has 0 bridgehead atoms. The minimum absolute atomic E-state index is 1.04. The SMILES string of the molecule is C=C/C=C(\C)C(=C)/C=C\C. The molecular weight excluding hydrogens is 120 g/mol. The molecule has 0 heteroatoms. The normalized spacial score (nSPS) is 12.0. The van der Waals surface area contributed by atoms with E-state index in [4.69, 9.17) is 0 Å². The molecule has 10 heavy (non-hydrogen) atoms. The van der Waals surface area contributed by atoms with Crippen LogP contribution in [-0.2, 0) is 0 Å². The molecule has 0 saturated heterocycles. The zero-order chi connectivity index (χ0) is 7.98. The number of rotatable bonds is 3. The number of hydrogen-bond acceptors (Lipinski definition) is 0. The summed E-state index contributed by atoms with van der Waals surface area (Å²) in [6.07, 6.45) is 7.67. The molecule has 0 radical (unpaired) electrons. The lowest BCUT2D eigenvalue weighted by molar-refractivity contribution is 1.44. The molecule has 0 saturated carbocycles. The first kappa shape index (κ1) is 8.96. The summed E-state index contributed by atoms with van der Waals surface area (Å²) in [5.74, 6) is 0. The maximum atomic E-state index is 3.86. The van der Waals surface area contributed by atoms with E-state index in [0.717, 1.165) is 11.1 Å². The molecule has 0 aliphatic carbocycles. The molecule has 0 aliphatic heterocycles. The van der Waals surface area contributed by atoms with E-state index >= 15 is 0 Å². The highest BCUT2D eigenvalue weighted by Crippen LogP contribution is 2.07. The maximum Gasteiger partial charge on any atom is -0.0303 e. The lowest BCUT2D eigenvalue weighted by Gasteiger charge is -1.95. The average Bonchev–Trinajstić information content (AvgIpc) is 1.89. The lowest BCUT2D eigenvalue weighted by atomic mass is 10.1. The summed E-state index contributed by atoms with van der Waals surface area (Å²) in [6.45, 7) is 11.5. The molecule has 0 amide bonds. The van der Waals surface area contributed by atoms with Crippen LogP contribution in [0.15, 0.2) is 48.6 Å². The van der Waals surface area contributed by atoms with Crippen molar-refractivity contribution >= 4 is 0 Å². The van der Waals surface area contributed by atoms with Gasteiger partial charge < -0.3 is 0 Å². The van der Waals surface area contributed by atoms with Gasteiger partial charge in [0.25, 0.3) is 0 Å². The zero-order valence-electron chi connectivity index (χ0n) is 6.72. The fourth-order valence-corrected chi connectivity index (χ4v) is 0.616. The van der Waals surface area contributed by atoms with Gasteiger partial charge in [-0.25, -0.2) is 0 Å². The third kappa shape index (κ3) is 3.08. The predicted molar refractivity (Wildman–Crippen MR) is 47.9 cm³/mol. The molecule has 0 aliphatic rings. The van der Waals surface area contributed by atoms with Crippen molar-refractivity contribution in [3.8, 4) is 0 Å². The summed E-state index contributed by atoms with van der Waals surface area (Å²) in [5, 5.41) is 0. The molecule has 0 rings (SSSR count). The van der Waals surface area contributed by atoms with E-state index in [-0.39, 0.29) is 0 Å². The van der Waals surface area contributed by atoms with Gasteiger partial charge in [-0.3, -0.25) is 0 Å². The Morgan fingerprint density at radius 1 is 1.40 bits per heavy atom. The van der Waals surface area contributed by atoms with E-state index in [1.165, 1.54) is 0 Å².